The molecule has 5 fully saturated rings. The van der Waals surface area contributed by atoms with Crippen LogP contribution in [0, 0.1) is 70.6 Å². The molecule has 0 aromatic rings. The zero-order valence-electron chi connectivity index (χ0n) is 19.1. The minimum absolute atomic E-state index is 0. The zero-order valence-corrected chi connectivity index (χ0v) is 21.5. The first kappa shape index (κ1) is 27.9. The molecule has 27 heavy (non-hydrogen) atoms. The molecule has 0 aromatic carbocycles. The third-order valence-electron chi connectivity index (χ3n) is 9.34. The standard InChI is InChI=1S/C22H36.4CH3.Zr/c1-2-9-16(8-1)22(14-7-15-22)21-19-12-5-3-10-17(19)18-11-4-6-13-20(18)21;;;;;/h16-21H,1-15H2;4*1H3;/q;4*-1;+4. The predicted molar refractivity (Wildman–Crippen MR) is 118 cm³/mol. The van der Waals surface area contributed by atoms with Crippen LogP contribution in [-0.2, 0) is 26.2 Å². The fourth-order valence-electron chi connectivity index (χ4n) is 8.60. The van der Waals surface area contributed by atoms with Gasteiger partial charge in [-0.2, -0.15) is 0 Å². The molecule has 4 atom stereocenters. The molecule has 0 saturated heterocycles. The summed E-state index contributed by atoms with van der Waals surface area (Å²) < 4.78 is 0. The van der Waals surface area contributed by atoms with Gasteiger partial charge in [-0.1, -0.05) is 44.9 Å². The van der Waals surface area contributed by atoms with Crippen molar-refractivity contribution < 1.29 is 26.2 Å². The molecular formula is C26H48Zr. The van der Waals surface area contributed by atoms with Crippen LogP contribution in [0.1, 0.15) is 96.3 Å². The molecule has 5 rings (SSSR count). The molecule has 0 radical (unpaired) electrons. The molecule has 0 heterocycles. The molecule has 5 aliphatic rings. The fourth-order valence-corrected chi connectivity index (χ4v) is 8.60. The van der Waals surface area contributed by atoms with E-state index in [9.17, 15) is 0 Å². The first-order valence-electron chi connectivity index (χ1n) is 10.9. The summed E-state index contributed by atoms with van der Waals surface area (Å²) in [5.74, 6) is 7.01. The maximum Gasteiger partial charge on any atom is 4.00 e. The monoisotopic (exact) mass is 450 g/mol. The largest absolute Gasteiger partial charge is 4.00 e. The van der Waals surface area contributed by atoms with Crippen molar-refractivity contribution in [2.45, 2.75) is 96.3 Å². The summed E-state index contributed by atoms with van der Waals surface area (Å²) in [6.07, 6.45) is 23.9. The maximum absolute atomic E-state index is 1.63. The van der Waals surface area contributed by atoms with Crippen molar-refractivity contribution in [3.8, 4) is 0 Å². The van der Waals surface area contributed by atoms with Crippen molar-refractivity contribution in [3.05, 3.63) is 29.7 Å². The van der Waals surface area contributed by atoms with Gasteiger partial charge >= 0.3 is 26.2 Å². The van der Waals surface area contributed by atoms with E-state index in [1.54, 1.807) is 96.3 Å². The van der Waals surface area contributed by atoms with E-state index in [4.69, 9.17) is 0 Å². The van der Waals surface area contributed by atoms with Crippen LogP contribution >= 0.6 is 0 Å². The minimum atomic E-state index is 0. The van der Waals surface area contributed by atoms with Crippen LogP contribution in [0.15, 0.2) is 0 Å². The molecule has 5 saturated carbocycles. The Kier molecular flexibility index (Phi) is 11.7. The first-order chi connectivity index (χ1) is 10.9. The maximum atomic E-state index is 1.63. The van der Waals surface area contributed by atoms with E-state index >= 15 is 0 Å². The van der Waals surface area contributed by atoms with Crippen molar-refractivity contribution in [1.82, 2.24) is 0 Å². The van der Waals surface area contributed by atoms with Crippen LogP contribution in [0.3, 0.4) is 0 Å². The molecule has 1 heteroatoms. The second-order valence-corrected chi connectivity index (χ2v) is 9.82. The van der Waals surface area contributed by atoms with Gasteiger partial charge in [0.1, 0.15) is 0 Å². The smallest absolute Gasteiger partial charge is 0.358 e. The second kappa shape index (κ2) is 11.3. The second-order valence-electron chi connectivity index (χ2n) is 9.82. The van der Waals surface area contributed by atoms with Gasteiger partial charge in [0.25, 0.3) is 0 Å². The Labute approximate surface area is 192 Å². The normalized spacial score (nSPS) is 38.9. The molecular weight excluding hydrogens is 404 g/mol. The number of hydrogen-bond acceptors (Lipinski definition) is 0. The van der Waals surface area contributed by atoms with E-state index in [0.29, 0.717) is 0 Å². The van der Waals surface area contributed by atoms with Gasteiger partial charge in [0.2, 0.25) is 0 Å². The van der Waals surface area contributed by atoms with Crippen LogP contribution in [0.5, 0.6) is 0 Å². The minimum Gasteiger partial charge on any atom is -0.358 e. The molecule has 156 valence electrons. The summed E-state index contributed by atoms with van der Waals surface area (Å²) in [6.45, 7) is 0. The molecule has 0 bridgehead atoms. The van der Waals surface area contributed by atoms with Crippen LogP contribution in [0.2, 0.25) is 0 Å². The SMILES string of the molecule is C1CCC2C(C1)C1CCCCC1C2C1(C2CCCC2)CCC1.[CH3-].[CH3-].[CH3-].[CH3-].[Zr+4]. The van der Waals surface area contributed by atoms with Crippen molar-refractivity contribution in [3.63, 3.8) is 0 Å². The van der Waals surface area contributed by atoms with E-state index in [-0.39, 0.29) is 55.9 Å². The molecule has 0 N–H and O–H groups in total. The van der Waals surface area contributed by atoms with Gasteiger partial charge in [0.15, 0.2) is 0 Å². The van der Waals surface area contributed by atoms with Crippen LogP contribution in [0.25, 0.3) is 0 Å². The summed E-state index contributed by atoms with van der Waals surface area (Å²) in [6, 6.07) is 0. The van der Waals surface area contributed by atoms with Gasteiger partial charge in [-0.05, 0) is 92.3 Å². The average molecular weight is 452 g/mol. The van der Waals surface area contributed by atoms with Crippen molar-refractivity contribution in [1.29, 1.82) is 0 Å². The molecule has 0 aromatic heterocycles. The Hall–Kier alpha value is 0.883. The number of hydrogen-bond donors (Lipinski definition) is 0. The quantitative estimate of drug-likeness (QED) is 0.370. The summed E-state index contributed by atoms with van der Waals surface area (Å²) in [7, 11) is 0. The molecule has 0 spiro atoms. The van der Waals surface area contributed by atoms with Crippen molar-refractivity contribution >= 4 is 0 Å². The average Bonchev–Trinajstić information content (AvgIpc) is 3.15. The van der Waals surface area contributed by atoms with Gasteiger partial charge in [-0.3, -0.25) is 0 Å². The Morgan fingerprint density at radius 1 is 0.444 bits per heavy atom. The van der Waals surface area contributed by atoms with E-state index in [2.05, 4.69) is 0 Å². The van der Waals surface area contributed by atoms with Gasteiger partial charge in [-0.15, -0.1) is 0 Å². The Morgan fingerprint density at radius 3 is 1.19 bits per heavy atom. The topological polar surface area (TPSA) is 0 Å². The van der Waals surface area contributed by atoms with E-state index in [1.807, 2.05) is 0 Å². The third-order valence-corrected chi connectivity index (χ3v) is 9.34. The Morgan fingerprint density at radius 2 is 0.815 bits per heavy atom. The van der Waals surface area contributed by atoms with Crippen molar-refractivity contribution in [2.24, 2.45) is 40.9 Å². The molecule has 0 nitrogen and oxygen atoms in total. The van der Waals surface area contributed by atoms with Crippen molar-refractivity contribution in [2.75, 3.05) is 0 Å². The van der Waals surface area contributed by atoms with E-state index in [1.165, 1.54) is 29.6 Å². The molecule has 4 unspecified atom stereocenters. The molecule has 5 aliphatic carbocycles. The third kappa shape index (κ3) is 4.35. The molecule has 0 aliphatic heterocycles. The van der Waals surface area contributed by atoms with E-state index in [0.717, 1.165) is 11.3 Å². The van der Waals surface area contributed by atoms with E-state index < -0.39 is 0 Å². The number of rotatable bonds is 2. The van der Waals surface area contributed by atoms with Gasteiger partial charge in [-0.25, -0.2) is 0 Å². The zero-order chi connectivity index (χ0) is 14.6. The molecule has 0 amide bonds. The van der Waals surface area contributed by atoms with Gasteiger partial charge < -0.3 is 29.7 Å². The van der Waals surface area contributed by atoms with Gasteiger partial charge in [0.05, 0.1) is 0 Å². The predicted octanol–water partition coefficient (Wildman–Crippen LogP) is 8.39. The Bertz CT molecular complexity index is 384. The van der Waals surface area contributed by atoms with Gasteiger partial charge in [0, 0.05) is 0 Å². The fraction of sp³-hybridized carbons (Fsp3) is 0.846. The summed E-state index contributed by atoms with van der Waals surface area (Å²) in [5, 5.41) is 0. The van der Waals surface area contributed by atoms with Crippen LogP contribution < -0.4 is 0 Å². The van der Waals surface area contributed by atoms with Crippen LogP contribution in [-0.4, -0.2) is 0 Å². The Balaban J connectivity index is 0.00000135. The van der Waals surface area contributed by atoms with Crippen LogP contribution in [0.4, 0.5) is 0 Å². The first-order valence-corrected chi connectivity index (χ1v) is 10.9. The summed E-state index contributed by atoms with van der Waals surface area (Å²) in [5.41, 5.74) is 0.855. The summed E-state index contributed by atoms with van der Waals surface area (Å²) >= 11 is 0. The number of fused-ring (bicyclic) bond motifs is 3. The summed E-state index contributed by atoms with van der Waals surface area (Å²) in [4.78, 5) is 0.